The molecular weight excluding hydrogens is 857 g/mol. The predicted octanol–water partition coefficient (Wildman–Crippen LogP) is 4.00. The first kappa shape index (κ1) is 46.9. The molecule has 2 heterocycles. The molecule has 2 aliphatic heterocycles. The molecule has 0 bridgehead atoms. The molecule has 0 N–H and O–H groups in total. The number of nitrogens with zero attached hydrogens (tertiary/aromatic N) is 6. The lowest BCUT2D eigenvalue weighted by Gasteiger charge is -2.28. The van der Waals surface area contributed by atoms with Gasteiger partial charge in [0.2, 0.25) is 40.1 Å². The average Bonchev–Trinajstić information content (AvgIpc) is 3.41. The summed E-state index contributed by atoms with van der Waals surface area (Å²) in [6, 6.07) is 26.5. The summed E-state index contributed by atoms with van der Waals surface area (Å²) in [7, 11) is -15.8. The van der Waals surface area contributed by atoms with Crippen LogP contribution in [-0.4, -0.2) is 152 Å². The lowest BCUT2D eigenvalue weighted by atomic mass is 10.2. The summed E-state index contributed by atoms with van der Waals surface area (Å²) in [4.78, 5) is 4.70. The van der Waals surface area contributed by atoms with E-state index in [0.29, 0.717) is 45.7 Å². The molecular formula is C43H58N6O8S4. The van der Waals surface area contributed by atoms with Crippen molar-refractivity contribution in [3.63, 3.8) is 0 Å². The fraction of sp³-hybridized carbons (Fsp3) is 0.442. The first-order valence-corrected chi connectivity index (χ1v) is 26.4. The zero-order valence-corrected chi connectivity index (χ0v) is 38.7. The molecule has 2 fully saturated rings. The van der Waals surface area contributed by atoms with Crippen molar-refractivity contribution in [2.75, 3.05) is 91.6 Å². The number of rotatable bonds is 12. The second kappa shape index (κ2) is 19.9. The maximum Gasteiger partial charge on any atom is 0.243 e. The fourth-order valence-corrected chi connectivity index (χ4v) is 13.2. The molecule has 0 amide bonds. The molecule has 6 rings (SSSR count). The zero-order chi connectivity index (χ0) is 44.0. The first-order chi connectivity index (χ1) is 28.9. The molecule has 332 valence electrons. The van der Waals surface area contributed by atoms with Gasteiger partial charge in [-0.05, 0) is 95.7 Å². The van der Waals surface area contributed by atoms with E-state index in [1.54, 1.807) is 97.1 Å². The highest BCUT2D eigenvalue weighted by Crippen LogP contribution is 2.23. The summed E-state index contributed by atoms with van der Waals surface area (Å²) in [6.45, 7) is 10.4. The topological polar surface area (TPSA) is 156 Å². The third-order valence-corrected chi connectivity index (χ3v) is 19.1. The Kier molecular flexibility index (Phi) is 15.3. The van der Waals surface area contributed by atoms with Gasteiger partial charge in [-0.3, -0.25) is 0 Å². The van der Waals surface area contributed by atoms with Crippen LogP contribution >= 0.6 is 0 Å². The number of hydrogen-bond donors (Lipinski definition) is 0. The van der Waals surface area contributed by atoms with Gasteiger partial charge in [0.05, 0.1) is 19.6 Å². The molecule has 0 spiro atoms. The van der Waals surface area contributed by atoms with E-state index in [-0.39, 0.29) is 71.9 Å². The van der Waals surface area contributed by atoms with Gasteiger partial charge in [-0.1, -0.05) is 70.8 Å². The minimum atomic E-state index is -3.96. The Labute approximate surface area is 363 Å². The van der Waals surface area contributed by atoms with Gasteiger partial charge in [0.1, 0.15) is 0 Å². The largest absolute Gasteiger partial charge is 0.301 e. The van der Waals surface area contributed by atoms with E-state index in [1.807, 2.05) is 27.7 Å². The first-order valence-electron chi connectivity index (χ1n) is 20.6. The van der Waals surface area contributed by atoms with Crippen LogP contribution in [0.3, 0.4) is 0 Å². The van der Waals surface area contributed by atoms with Gasteiger partial charge < -0.3 is 9.80 Å². The standard InChI is InChI=1S/C43H58N6O8S4/c1-36-6-14-40(15-7-36)58(50,51)46-28-24-44(25-29-47(33-32-46)59(52,53)41-16-8-37(2)9-17-41)22-5-23-45-26-30-48(60(54,55)42-18-10-38(3)11-19-42)34-35-49(31-27-45)61(56,57)43-20-12-39(4)13-21-43/h6-21H,5,22-35H2,1-4H3. The summed E-state index contributed by atoms with van der Waals surface area (Å²) in [6.07, 6.45) is 0.574. The van der Waals surface area contributed by atoms with E-state index in [1.165, 1.54) is 17.2 Å². The van der Waals surface area contributed by atoms with E-state index < -0.39 is 40.1 Å². The third-order valence-electron chi connectivity index (χ3n) is 11.4. The molecule has 2 aliphatic rings. The van der Waals surface area contributed by atoms with Crippen LogP contribution in [0, 0.1) is 27.7 Å². The molecule has 0 aliphatic carbocycles. The molecule has 14 nitrogen and oxygen atoms in total. The maximum atomic E-state index is 14.0. The van der Waals surface area contributed by atoms with Gasteiger partial charge >= 0.3 is 0 Å². The third kappa shape index (κ3) is 11.5. The van der Waals surface area contributed by atoms with Crippen LogP contribution in [0.4, 0.5) is 0 Å². The predicted molar refractivity (Wildman–Crippen MR) is 237 cm³/mol. The summed E-state index contributed by atoms with van der Waals surface area (Å²) in [5.74, 6) is 0. The average molecular weight is 915 g/mol. The van der Waals surface area contributed by atoms with Gasteiger partial charge in [0.25, 0.3) is 0 Å². The molecule has 18 heteroatoms. The van der Waals surface area contributed by atoms with Crippen LogP contribution in [0.1, 0.15) is 28.7 Å². The van der Waals surface area contributed by atoms with Crippen LogP contribution in [0.25, 0.3) is 0 Å². The van der Waals surface area contributed by atoms with Crippen LogP contribution in [-0.2, 0) is 40.1 Å². The number of hydrogen-bond acceptors (Lipinski definition) is 10. The quantitative estimate of drug-likeness (QED) is 0.204. The van der Waals surface area contributed by atoms with Gasteiger partial charge in [-0.15, -0.1) is 0 Å². The van der Waals surface area contributed by atoms with Crippen LogP contribution < -0.4 is 0 Å². The van der Waals surface area contributed by atoms with Crippen molar-refractivity contribution in [2.45, 2.75) is 53.7 Å². The van der Waals surface area contributed by atoms with Gasteiger partial charge in [-0.25, -0.2) is 33.7 Å². The van der Waals surface area contributed by atoms with Crippen molar-refractivity contribution in [3.05, 3.63) is 119 Å². The molecule has 0 saturated carbocycles. The molecule has 0 atom stereocenters. The minimum Gasteiger partial charge on any atom is -0.301 e. The zero-order valence-electron chi connectivity index (χ0n) is 35.4. The van der Waals surface area contributed by atoms with Gasteiger partial charge in [-0.2, -0.15) is 17.2 Å². The van der Waals surface area contributed by atoms with Crippen LogP contribution in [0.15, 0.2) is 117 Å². The second-order valence-electron chi connectivity index (χ2n) is 15.9. The van der Waals surface area contributed by atoms with Crippen molar-refractivity contribution in [3.8, 4) is 0 Å². The number of aryl methyl sites for hydroxylation is 4. The van der Waals surface area contributed by atoms with Gasteiger partial charge in [0.15, 0.2) is 0 Å². The van der Waals surface area contributed by atoms with Crippen molar-refractivity contribution >= 4 is 40.1 Å². The maximum absolute atomic E-state index is 14.0. The molecule has 2 saturated heterocycles. The van der Waals surface area contributed by atoms with E-state index in [4.69, 9.17) is 0 Å². The highest BCUT2D eigenvalue weighted by atomic mass is 32.2. The summed E-state index contributed by atoms with van der Waals surface area (Å²) in [5, 5.41) is 0. The lowest BCUT2D eigenvalue weighted by Crippen LogP contribution is -2.41. The minimum absolute atomic E-state index is 0.0209. The summed E-state index contributed by atoms with van der Waals surface area (Å²) < 4.78 is 117. The molecule has 0 radical (unpaired) electrons. The van der Waals surface area contributed by atoms with Crippen molar-refractivity contribution in [1.29, 1.82) is 0 Å². The Bertz CT molecular complexity index is 2190. The monoisotopic (exact) mass is 914 g/mol. The van der Waals surface area contributed by atoms with E-state index in [2.05, 4.69) is 9.80 Å². The molecule has 0 aromatic heterocycles. The Morgan fingerprint density at radius 2 is 0.492 bits per heavy atom. The van der Waals surface area contributed by atoms with E-state index in [9.17, 15) is 33.7 Å². The fourth-order valence-electron chi connectivity index (χ4n) is 7.49. The summed E-state index contributed by atoms with van der Waals surface area (Å²) in [5.41, 5.74) is 3.67. The lowest BCUT2D eigenvalue weighted by molar-refractivity contribution is 0.212. The smallest absolute Gasteiger partial charge is 0.243 e. The second-order valence-corrected chi connectivity index (χ2v) is 23.7. The van der Waals surface area contributed by atoms with Crippen molar-refractivity contribution in [2.24, 2.45) is 0 Å². The van der Waals surface area contributed by atoms with Crippen molar-refractivity contribution in [1.82, 2.24) is 27.0 Å². The number of benzene rings is 4. The highest BCUT2D eigenvalue weighted by Gasteiger charge is 2.33. The van der Waals surface area contributed by atoms with E-state index >= 15 is 0 Å². The molecule has 4 aromatic rings. The summed E-state index contributed by atoms with van der Waals surface area (Å²) >= 11 is 0. The van der Waals surface area contributed by atoms with Crippen LogP contribution in [0.5, 0.6) is 0 Å². The Morgan fingerprint density at radius 3 is 0.689 bits per heavy atom. The van der Waals surface area contributed by atoms with Gasteiger partial charge in [0, 0.05) is 78.5 Å². The number of sulfonamides is 4. The normalized spacial score (nSPS) is 18.7. The van der Waals surface area contributed by atoms with E-state index in [0.717, 1.165) is 22.3 Å². The highest BCUT2D eigenvalue weighted by molar-refractivity contribution is 7.90. The molecule has 0 unspecified atom stereocenters. The van der Waals surface area contributed by atoms with Crippen molar-refractivity contribution < 1.29 is 33.7 Å². The SMILES string of the molecule is Cc1ccc(S(=O)(=O)N2CCN(CCCN3CCN(S(=O)(=O)c4ccc(C)cc4)CCN(S(=O)(=O)c4ccc(C)cc4)CC3)CCN(S(=O)(=O)c3ccc(C)cc3)CC2)cc1. The Balaban J connectivity index is 1.21. The Morgan fingerprint density at radius 1 is 0.311 bits per heavy atom. The Hall–Kier alpha value is -3.56. The molecule has 4 aromatic carbocycles. The molecule has 61 heavy (non-hydrogen) atoms. The van der Waals surface area contributed by atoms with Crippen LogP contribution in [0.2, 0.25) is 0 Å².